The van der Waals surface area contributed by atoms with E-state index in [-0.39, 0.29) is 11.0 Å². The molecule has 0 aromatic heterocycles. The molecule has 0 unspecified atom stereocenters. The second-order valence-corrected chi connectivity index (χ2v) is 5.88. The summed E-state index contributed by atoms with van der Waals surface area (Å²) in [5.41, 5.74) is 2.34. The number of unbranched alkanes of at least 4 members (excludes halogenated alkanes) is 1. The average Bonchev–Trinajstić information content (AvgIpc) is 2.56. The van der Waals surface area contributed by atoms with Crippen LogP contribution in [-0.4, -0.2) is 17.6 Å². The van der Waals surface area contributed by atoms with E-state index in [2.05, 4.69) is 17.6 Å². The third-order valence-corrected chi connectivity index (χ3v) is 3.60. The zero-order valence-corrected chi connectivity index (χ0v) is 14.8. The number of ether oxygens (including phenoxy) is 1. The zero-order chi connectivity index (χ0) is 17.4. The summed E-state index contributed by atoms with van der Waals surface area (Å²) in [6, 6.07) is 14.9. The summed E-state index contributed by atoms with van der Waals surface area (Å²) < 4.78 is 5.75. The smallest absolute Gasteiger partial charge is 0.257 e. The van der Waals surface area contributed by atoms with Gasteiger partial charge in [0.25, 0.3) is 5.91 Å². The van der Waals surface area contributed by atoms with Crippen molar-refractivity contribution >= 4 is 28.9 Å². The lowest BCUT2D eigenvalue weighted by Gasteiger charge is -2.14. The highest BCUT2D eigenvalue weighted by Gasteiger charge is 2.10. The Balaban J connectivity index is 1.98. The first kappa shape index (κ1) is 17.9. The lowest BCUT2D eigenvalue weighted by molar-refractivity contribution is 0.0977. The minimum absolute atomic E-state index is 0.236. The van der Waals surface area contributed by atoms with Crippen molar-refractivity contribution < 1.29 is 9.53 Å². The molecule has 0 aliphatic heterocycles. The highest BCUT2D eigenvalue weighted by molar-refractivity contribution is 7.80. The molecule has 24 heavy (non-hydrogen) atoms. The second kappa shape index (κ2) is 9.03. The van der Waals surface area contributed by atoms with E-state index < -0.39 is 0 Å². The second-order valence-electron chi connectivity index (χ2n) is 5.48. The molecule has 0 radical (unpaired) electrons. The molecule has 0 aliphatic rings. The van der Waals surface area contributed by atoms with Gasteiger partial charge in [-0.25, -0.2) is 0 Å². The van der Waals surface area contributed by atoms with Crippen LogP contribution in [0, 0.1) is 6.92 Å². The van der Waals surface area contributed by atoms with Crippen molar-refractivity contribution in [1.29, 1.82) is 0 Å². The number of nitrogens with one attached hydrogen (secondary N) is 2. The van der Waals surface area contributed by atoms with Crippen LogP contribution in [0.2, 0.25) is 0 Å². The van der Waals surface area contributed by atoms with E-state index in [1.165, 1.54) is 0 Å². The van der Waals surface area contributed by atoms with E-state index in [4.69, 9.17) is 17.0 Å². The van der Waals surface area contributed by atoms with Gasteiger partial charge in [-0.1, -0.05) is 43.2 Å². The van der Waals surface area contributed by atoms with Gasteiger partial charge in [-0.2, -0.15) is 0 Å². The summed E-state index contributed by atoms with van der Waals surface area (Å²) in [4.78, 5) is 12.2. The molecular formula is C19H22N2O2S. The van der Waals surface area contributed by atoms with Crippen LogP contribution in [0.25, 0.3) is 0 Å². The summed E-state index contributed by atoms with van der Waals surface area (Å²) >= 11 is 5.24. The molecule has 0 heterocycles. The number of hydrogen-bond acceptors (Lipinski definition) is 3. The standard InChI is InChI=1S/C19H22N2O2S/c1-3-4-12-23-17-11-6-5-10-16(17)20-19(24)21-18(22)15-9-7-8-14(2)13-15/h5-11,13H,3-4,12H2,1-2H3,(H2,20,21,22,24). The van der Waals surface area contributed by atoms with Crippen molar-refractivity contribution in [1.82, 2.24) is 5.32 Å². The molecule has 0 aliphatic carbocycles. The first-order valence-corrected chi connectivity index (χ1v) is 8.42. The number of amides is 1. The highest BCUT2D eigenvalue weighted by Crippen LogP contribution is 2.23. The van der Waals surface area contributed by atoms with Crippen LogP contribution >= 0.6 is 12.2 Å². The van der Waals surface area contributed by atoms with Crippen LogP contribution < -0.4 is 15.4 Å². The molecule has 0 saturated carbocycles. The highest BCUT2D eigenvalue weighted by atomic mass is 32.1. The maximum atomic E-state index is 12.2. The Labute approximate surface area is 148 Å². The SMILES string of the molecule is CCCCOc1ccccc1NC(=S)NC(=O)c1cccc(C)c1. The number of anilines is 1. The van der Waals surface area contributed by atoms with Crippen molar-refractivity contribution in [3.8, 4) is 5.75 Å². The van der Waals surface area contributed by atoms with Crippen molar-refractivity contribution in [2.75, 3.05) is 11.9 Å². The maximum absolute atomic E-state index is 12.2. The number of carbonyl (C=O) groups is 1. The molecule has 2 N–H and O–H groups in total. The van der Waals surface area contributed by atoms with E-state index in [0.717, 1.165) is 29.8 Å². The zero-order valence-electron chi connectivity index (χ0n) is 14.0. The molecule has 4 nitrogen and oxygen atoms in total. The van der Waals surface area contributed by atoms with Gasteiger partial charge in [-0.05, 0) is 49.8 Å². The summed E-state index contributed by atoms with van der Waals surface area (Å²) in [6.45, 7) is 4.71. The number of hydrogen-bond donors (Lipinski definition) is 2. The van der Waals surface area contributed by atoms with Crippen LogP contribution in [0.15, 0.2) is 48.5 Å². The van der Waals surface area contributed by atoms with Crippen molar-refractivity contribution in [2.24, 2.45) is 0 Å². The number of carbonyl (C=O) groups excluding carboxylic acids is 1. The molecule has 0 atom stereocenters. The van der Waals surface area contributed by atoms with Gasteiger partial charge < -0.3 is 10.1 Å². The van der Waals surface area contributed by atoms with Gasteiger partial charge in [0.1, 0.15) is 5.75 Å². The number of rotatable bonds is 6. The Bertz CT molecular complexity index is 716. The fourth-order valence-corrected chi connectivity index (χ4v) is 2.34. The molecule has 0 bridgehead atoms. The lowest BCUT2D eigenvalue weighted by atomic mass is 10.1. The van der Waals surface area contributed by atoms with Gasteiger partial charge >= 0.3 is 0 Å². The molecule has 126 valence electrons. The Morgan fingerprint density at radius 2 is 1.96 bits per heavy atom. The fraction of sp³-hybridized carbons (Fsp3) is 0.263. The summed E-state index contributed by atoms with van der Waals surface area (Å²) in [5.74, 6) is 0.485. The van der Waals surface area contributed by atoms with Gasteiger partial charge in [0.05, 0.1) is 12.3 Å². The lowest BCUT2D eigenvalue weighted by Crippen LogP contribution is -2.34. The van der Waals surface area contributed by atoms with Gasteiger partial charge in [0.2, 0.25) is 0 Å². The van der Waals surface area contributed by atoms with E-state index in [9.17, 15) is 4.79 Å². The van der Waals surface area contributed by atoms with Crippen LogP contribution in [0.5, 0.6) is 5.75 Å². The van der Waals surface area contributed by atoms with Gasteiger partial charge in [0, 0.05) is 5.56 Å². The Morgan fingerprint density at radius 1 is 1.17 bits per heavy atom. The first-order chi connectivity index (χ1) is 11.6. The molecule has 2 aromatic rings. The first-order valence-electron chi connectivity index (χ1n) is 8.01. The van der Waals surface area contributed by atoms with Crippen LogP contribution in [0.3, 0.4) is 0 Å². The van der Waals surface area contributed by atoms with Gasteiger partial charge in [-0.3, -0.25) is 10.1 Å². The molecule has 5 heteroatoms. The van der Waals surface area contributed by atoms with Gasteiger partial charge in [0.15, 0.2) is 5.11 Å². The maximum Gasteiger partial charge on any atom is 0.257 e. The minimum Gasteiger partial charge on any atom is -0.491 e. The van der Waals surface area contributed by atoms with Crippen LogP contribution in [-0.2, 0) is 0 Å². The molecule has 0 spiro atoms. The third kappa shape index (κ3) is 5.35. The van der Waals surface area contributed by atoms with Crippen molar-refractivity contribution in [3.63, 3.8) is 0 Å². The van der Waals surface area contributed by atoms with Crippen LogP contribution in [0.1, 0.15) is 35.7 Å². The summed E-state index contributed by atoms with van der Waals surface area (Å²) in [6.07, 6.45) is 2.06. The third-order valence-electron chi connectivity index (χ3n) is 3.40. The minimum atomic E-state index is -0.236. The number of benzene rings is 2. The normalized spacial score (nSPS) is 10.1. The predicted molar refractivity (Wildman–Crippen MR) is 102 cm³/mol. The summed E-state index contributed by atoms with van der Waals surface area (Å²) in [5, 5.41) is 5.96. The number of aryl methyl sites for hydroxylation is 1. The van der Waals surface area contributed by atoms with Crippen molar-refractivity contribution in [3.05, 3.63) is 59.7 Å². The predicted octanol–water partition coefficient (Wildman–Crippen LogP) is 4.30. The summed E-state index contributed by atoms with van der Waals surface area (Å²) in [7, 11) is 0. The van der Waals surface area contributed by atoms with E-state index >= 15 is 0 Å². The average molecular weight is 342 g/mol. The van der Waals surface area contributed by atoms with Crippen LogP contribution in [0.4, 0.5) is 5.69 Å². The van der Waals surface area contributed by atoms with E-state index in [1.54, 1.807) is 6.07 Å². The molecule has 0 fully saturated rings. The van der Waals surface area contributed by atoms with Crippen molar-refractivity contribution in [2.45, 2.75) is 26.7 Å². The largest absolute Gasteiger partial charge is 0.491 e. The monoisotopic (exact) mass is 342 g/mol. The number of thiocarbonyl (C=S) groups is 1. The molecule has 1 amide bonds. The molecule has 2 aromatic carbocycles. The molecular weight excluding hydrogens is 320 g/mol. The van der Waals surface area contributed by atoms with E-state index in [1.807, 2.05) is 49.4 Å². The molecule has 2 rings (SSSR count). The molecule has 0 saturated heterocycles. The van der Waals surface area contributed by atoms with E-state index in [0.29, 0.717) is 12.2 Å². The fourth-order valence-electron chi connectivity index (χ4n) is 2.14. The number of para-hydroxylation sites is 2. The Morgan fingerprint density at radius 3 is 2.71 bits per heavy atom. The quantitative estimate of drug-likeness (QED) is 0.607. The van der Waals surface area contributed by atoms with Gasteiger partial charge in [-0.15, -0.1) is 0 Å². The topological polar surface area (TPSA) is 50.4 Å². The Hall–Kier alpha value is -2.40. The Kier molecular flexibility index (Phi) is 6.75.